The zero-order chi connectivity index (χ0) is 12.5. The molecule has 0 saturated carbocycles. The van der Waals surface area contributed by atoms with Gasteiger partial charge in [0.05, 0.1) is 5.52 Å². The molecule has 5 heteroatoms. The number of pyridine rings is 1. The topological polar surface area (TPSA) is 69.6 Å². The third-order valence-electron chi connectivity index (χ3n) is 3.02. The van der Waals surface area contributed by atoms with Gasteiger partial charge in [-0.15, -0.1) is 5.10 Å². The minimum atomic E-state index is 0.434. The van der Waals surface area contributed by atoms with E-state index in [2.05, 4.69) is 15.3 Å². The summed E-state index contributed by atoms with van der Waals surface area (Å²) in [4.78, 5) is 4.38. The van der Waals surface area contributed by atoms with Crippen LogP contribution in [0.3, 0.4) is 0 Å². The second kappa shape index (κ2) is 4.19. The number of hydrogen-bond acceptors (Lipinski definition) is 4. The summed E-state index contributed by atoms with van der Waals surface area (Å²) in [7, 11) is 0. The highest BCUT2D eigenvalue weighted by Crippen LogP contribution is 2.19. The van der Waals surface area contributed by atoms with Crippen molar-refractivity contribution in [2.45, 2.75) is 13.5 Å². The predicted molar refractivity (Wildman–Crippen MR) is 69.3 cm³/mol. The number of aromatic nitrogens is 4. The lowest BCUT2D eigenvalue weighted by atomic mass is 10.1. The summed E-state index contributed by atoms with van der Waals surface area (Å²) >= 11 is 0. The average molecular weight is 239 g/mol. The molecule has 3 rings (SSSR count). The van der Waals surface area contributed by atoms with E-state index in [4.69, 9.17) is 5.73 Å². The molecular weight excluding hydrogens is 226 g/mol. The van der Waals surface area contributed by atoms with Crippen LogP contribution in [-0.2, 0) is 6.54 Å². The third kappa shape index (κ3) is 1.56. The minimum absolute atomic E-state index is 0.434. The highest BCUT2D eigenvalue weighted by Gasteiger charge is 2.12. The fourth-order valence-electron chi connectivity index (χ4n) is 2.03. The number of fused-ring (bicyclic) bond motifs is 1. The molecule has 2 aromatic heterocycles. The lowest BCUT2D eigenvalue weighted by Crippen LogP contribution is -2.09. The summed E-state index contributed by atoms with van der Waals surface area (Å²) in [6.07, 6.45) is 1.76. The standard InChI is InChI=1S/C13H13N5/c1-9-6-7-15-13(10(9)8-14)18-12-5-3-2-4-11(12)16-17-18/h2-7H,8,14H2,1H3. The molecular formula is C13H13N5. The normalized spacial score (nSPS) is 11.0. The van der Waals surface area contributed by atoms with E-state index in [0.717, 1.165) is 28.0 Å². The van der Waals surface area contributed by atoms with Gasteiger partial charge in [-0.05, 0) is 30.7 Å². The molecule has 0 aliphatic heterocycles. The van der Waals surface area contributed by atoms with Crippen molar-refractivity contribution < 1.29 is 0 Å². The molecule has 18 heavy (non-hydrogen) atoms. The average Bonchev–Trinajstić information content (AvgIpc) is 2.82. The molecule has 5 nitrogen and oxygen atoms in total. The lowest BCUT2D eigenvalue weighted by molar-refractivity contribution is 0.784. The van der Waals surface area contributed by atoms with Gasteiger partial charge in [-0.3, -0.25) is 0 Å². The van der Waals surface area contributed by atoms with Gasteiger partial charge in [0.1, 0.15) is 5.52 Å². The predicted octanol–water partition coefficient (Wildman–Crippen LogP) is 1.58. The Balaban J connectivity index is 2.30. The van der Waals surface area contributed by atoms with E-state index in [1.54, 1.807) is 10.9 Å². The molecule has 90 valence electrons. The molecule has 0 aliphatic carbocycles. The highest BCUT2D eigenvalue weighted by molar-refractivity contribution is 5.75. The summed E-state index contributed by atoms with van der Waals surface area (Å²) in [5.74, 6) is 0.756. The van der Waals surface area contributed by atoms with E-state index < -0.39 is 0 Å². The molecule has 0 bridgehead atoms. The second-order valence-corrected chi connectivity index (χ2v) is 4.12. The van der Waals surface area contributed by atoms with Crippen molar-refractivity contribution in [2.75, 3.05) is 0 Å². The van der Waals surface area contributed by atoms with Crippen LogP contribution in [-0.4, -0.2) is 20.0 Å². The van der Waals surface area contributed by atoms with E-state index in [9.17, 15) is 0 Å². The lowest BCUT2D eigenvalue weighted by Gasteiger charge is -2.09. The zero-order valence-electron chi connectivity index (χ0n) is 10.0. The first-order valence-corrected chi connectivity index (χ1v) is 5.76. The Kier molecular flexibility index (Phi) is 2.53. The number of nitrogens with zero attached hydrogens (tertiary/aromatic N) is 4. The van der Waals surface area contributed by atoms with Gasteiger partial charge in [-0.1, -0.05) is 17.3 Å². The van der Waals surface area contributed by atoms with Gasteiger partial charge in [-0.2, -0.15) is 4.68 Å². The van der Waals surface area contributed by atoms with E-state index in [-0.39, 0.29) is 0 Å². The maximum absolute atomic E-state index is 5.80. The Labute approximate surface area is 104 Å². The summed E-state index contributed by atoms with van der Waals surface area (Å²) in [6, 6.07) is 9.75. The number of benzene rings is 1. The Morgan fingerprint density at radius 1 is 1.22 bits per heavy atom. The van der Waals surface area contributed by atoms with E-state index in [1.807, 2.05) is 37.3 Å². The van der Waals surface area contributed by atoms with Gasteiger partial charge >= 0.3 is 0 Å². The number of nitrogens with two attached hydrogens (primary N) is 1. The van der Waals surface area contributed by atoms with Crippen molar-refractivity contribution in [2.24, 2.45) is 5.73 Å². The van der Waals surface area contributed by atoms with Crippen LogP contribution in [0.15, 0.2) is 36.5 Å². The maximum Gasteiger partial charge on any atom is 0.160 e. The van der Waals surface area contributed by atoms with Crippen LogP contribution in [0, 0.1) is 6.92 Å². The van der Waals surface area contributed by atoms with E-state index >= 15 is 0 Å². The molecule has 0 atom stereocenters. The summed E-state index contributed by atoms with van der Waals surface area (Å²) < 4.78 is 1.74. The molecule has 0 amide bonds. The highest BCUT2D eigenvalue weighted by atomic mass is 15.4. The number of rotatable bonds is 2. The van der Waals surface area contributed by atoms with Gasteiger partial charge in [0.25, 0.3) is 0 Å². The molecule has 0 spiro atoms. The van der Waals surface area contributed by atoms with Gasteiger partial charge in [-0.25, -0.2) is 4.98 Å². The van der Waals surface area contributed by atoms with Crippen LogP contribution in [0.25, 0.3) is 16.9 Å². The molecule has 3 aromatic rings. The van der Waals surface area contributed by atoms with E-state index in [0.29, 0.717) is 6.54 Å². The number of para-hydroxylation sites is 1. The number of hydrogen-bond donors (Lipinski definition) is 1. The van der Waals surface area contributed by atoms with Crippen molar-refractivity contribution in [1.29, 1.82) is 0 Å². The molecule has 2 heterocycles. The third-order valence-corrected chi connectivity index (χ3v) is 3.02. The molecule has 0 radical (unpaired) electrons. The summed E-state index contributed by atoms with van der Waals surface area (Å²) in [6.45, 7) is 2.45. The van der Waals surface area contributed by atoms with Crippen LogP contribution in [0.1, 0.15) is 11.1 Å². The maximum atomic E-state index is 5.80. The quantitative estimate of drug-likeness (QED) is 0.737. The van der Waals surface area contributed by atoms with E-state index in [1.165, 1.54) is 0 Å². The number of aryl methyl sites for hydroxylation is 1. The monoisotopic (exact) mass is 239 g/mol. The van der Waals surface area contributed by atoms with Gasteiger partial charge in [0, 0.05) is 18.3 Å². The minimum Gasteiger partial charge on any atom is -0.326 e. The first-order chi connectivity index (χ1) is 8.81. The molecule has 0 fully saturated rings. The zero-order valence-corrected chi connectivity index (χ0v) is 10.0. The van der Waals surface area contributed by atoms with Gasteiger partial charge in [0.2, 0.25) is 0 Å². The van der Waals surface area contributed by atoms with Crippen molar-refractivity contribution in [3.8, 4) is 5.82 Å². The fourth-order valence-corrected chi connectivity index (χ4v) is 2.03. The smallest absolute Gasteiger partial charge is 0.160 e. The Morgan fingerprint density at radius 2 is 2.06 bits per heavy atom. The summed E-state index contributed by atoms with van der Waals surface area (Å²) in [5, 5.41) is 8.30. The molecule has 0 aliphatic rings. The SMILES string of the molecule is Cc1ccnc(-n2nnc3ccccc32)c1CN. The molecule has 0 saturated heterocycles. The van der Waals surface area contributed by atoms with Crippen molar-refractivity contribution in [3.05, 3.63) is 47.7 Å². The Hall–Kier alpha value is -2.27. The van der Waals surface area contributed by atoms with Crippen LogP contribution in [0.5, 0.6) is 0 Å². The van der Waals surface area contributed by atoms with Gasteiger partial charge < -0.3 is 5.73 Å². The first kappa shape index (κ1) is 10.9. The molecule has 0 unspecified atom stereocenters. The van der Waals surface area contributed by atoms with Crippen LogP contribution in [0.4, 0.5) is 0 Å². The second-order valence-electron chi connectivity index (χ2n) is 4.12. The molecule has 1 aromatic carbocycles. The van der Waals surface area contributed by atoms with Crippen molar-refractivity contribution in [3.63, 3.8) is 0 Å². The fraction of sp³-hybridized carbons (Fsp3) is 0.154. The first-order valence-electron chi connectivity index (χ1n) is 5.76. The van der Waals surface area contributed by atoms with Crippen LogP contribution < -0.4 is 5.73 Å². The Morgan fingerprint density at radius 3 is 2.89 bits per heavy atom. The van der Waals surface area contributed by atoms with Crippen molar-refractivity contribution in [1.82, 2.24) is 20.0 Å². The largest absolute Gasteiger partial charge is 0.326 e. The van der Waals surface area contributed by atoms with Crippen molar-refractivity contribution >= 4 is 11.0 Å². The van der Waals surface area contributed by atoms with Gasteiger partial charge in [0.15, 0.2) is 5.82 Å². The molecule has 2 N–H and O–H groups in total. The summed E-state index contributed by atoms with van der Waals surface area (Å²) in [5.41, 5.74) is 9.69. The Bertz CT molecular complexity index is 701. The van der Waals surface area contributed by atoms with Crippen LogP contribution >= 0.6 is 0 Å². The van der Waals surface area contributed by atoms with Crippen LogP contribution in [0.2, 0.25) is 0 Å².